The zero-order valence-corrected chi connectivity index (χ0v) is 12.8. The number of halogens is 1. The molecular weight excluding hydrogens is 286 g/mol. The molecule has 0 saturated heterocycles. The fourth-order valence-corrected chi connectivity index (χ4v) is 2.59. The van der Waals surface area contributed by atoms with Crippen LogP contribution in [0.25, 0.3) is 0 Å². The summed E-state index contributed by atoms with van der Waals surface area (Å²) >= 11 is 0. The van der Waals surface area contributed by atoms with Crippen molar-refractivity contribution in [1.29, 1.82) is 0 Å². The topological polar surface area (TPSA) is 41.5 Å². The van der Waals surface area contributed by atoms with Crippen LogP contribution < -0.4 is 10.1 Å². The van der Waals surface area contributed by atoms with Crippen LogP contribution in [-0.4, -0.2) is 11.7 Å². The molecule has 3 nitrogen and oxygen atoms in total. The molecule has 0 amide bonds. The summed E-state index contributed by atoms with van der Waals surface area (Å²) in [6, 6.07) is 14.1. The maximum absolute atomic E-state index is 10.00. The average Bonchev–Trinajstić information content (AvgIpc) is 2.47. The van der Waals surface area contributed by atoms with E-state index in [1.54, 1.807) is 0 Å². The first-order chi connectivity index (χ1) is 9.75. The Morgan fingerprint density at radius 3 is 2.81 bits per heavy atom. The van der Waals surface area contributed by atoms with E-state index in [-0.39, 0.29) is 12.4 Å². The van der Waals surface area contributed by atoms with E-state index in [9.17, 15) is 5.11 Å². The predicted octanol–water partition coefficient (Wildman–Crippen LogP) is 3.13. The van der Waals surface area contributed by atoms with Crippen molar-refractivity contribution in [1.82, 2.24) is 5.32 Å². The first kappa shape index (κ1) is 15.8. The van der Waals surface area contributed by atoms with Gasteiger partial charge in [0.25, 0.3) is 0 Å². The van der Waals surface area contributed by atoms with Gasteiger partial charge in [0.05, 0.1) is 6.10 Å². The maximum atomic E-state index is 10.00. The number of aliphatic hydroxyl groups excluding tert-OH is 1. The third-order valence-corrected chi connectivity index (χ3v) is 3.81. The van der Waals surface area contributed by atoms with Crippen LogP contribution in [0.15, 0.2) is 42.5 Å². The lowest BCUT2D eigenvalue weighted by molar-refractivity contribution is 0.163. The van der Waals surface area contributed by atoms with Gasteiger partial charge in [-0.05, 0) is 29.7 Å². The minimum absolute atomic E-state index is 0. The molecule has 2 aromatic carbocycles. The number of benzene rings is 2. The Morgan fingerprint density at radius 2 is 2.00 bits per heavy atom. The zero-order chi connectivity index (χ0) is 13.9. The van der Waals surface area contributed by atoms with Crippen molar-refractivity contribution >= 4 is 12.4 Å². The Hall–Kier alpha value is -1.55. The molecule has 0 saturated carbocycles. The number of fused-ring (bicyclic) bond motifs is 1. The molecule has 21 heavy (non-hydrogen) atoms. The average molecular weight is 306 g/mol. The highest BCUT2D eigenvalue weighted by Gasteiger charge is 2.20. The lowest BCUT2D eigenvalue weighted by Gasteiger charge is -2.24. The lowest BCUT2D eigenvalue weighted by atomic mass is 9.98. The number of ether oxygens (including phenoxy) is 1. The smallest absolute Gasteiger partial charge is 0.124 e. The van der Waals surface area contributed by atoms with Crippen molar-refractivity contribution in [2.45, 2.75) is 26.2 Å². The molecule has 0 fully saturated rings. The van der Waals surface area contributed by atoms with Gasteiger partial charge in [0, 0.05) is 18.7 Å². The van der Waals surface area contributed by atoms with Crippen LogP contribution >= 0.6 is 12.4 Å². The normalized spacial score (nSPS) is 16.8. The van der Waals surface area contributed by atoms with E-state index in [1.807, 2.05) is 30.3 Å². The molecule has 2 N–H and O–H groups in total. The van der Waals surface area contributed by atoms with Crippen molar-refractivity contribution in [3.8, 4) is 5.75 Å². The molecule has 0 aromatic heterocycles. The zero-order valence-electron chi connectivity index (χ0n) is 12.0. The molecule has 0 radical (unpaired) electrons. The van der Waals surface area contributed by atoms with Crippen molar-refractivity contribution in [2.24, 2.45) is 0 Å². The molecule has 1 aliphatic rings. The van der Waals surface area contributed by atoms with E-state index in [2.05, 4.69) is 24.4 Å². The first-order valence-electron chi connectivity index (χ1n) is 6.93. The van der Waals surface area contributed by atoms with E-state index in [0.29, 0.717) is 13.2 Å². The largest absolute Gasteiger partial charge is 0.489 e. The van der Waals surface area contributed by atoms with Gasteiger partial charge in [-0.2, -0.15) is 0 Å². The summed E-state index contributed by atoms with van der Waals surface area (Å²) in [6.45, 7) is 3.99. The predicted molar refractivity (Wildman–Crippen MR) is 85.9 cm³/mol. The van der Waals surface area contributed by atoms with Gasteiger partial charge in [0.1, 0.15) is 12.4 Å². The number of hydrogen-bond acceptors (Lipinski definition) is 3. The highest BCUT2D eigenvalue weighted by Crippen LogP contribution is 2.30. The van der Waals surface area contributed by atoms with E-state index in [1.165, 1.54) is 11.1 Å². The molecule has 112 valence electrons. The second-order valence-electron chi connectivity index (χ2n) is 5.19. The molecule has 1 atom stereocenters. The number of aliphatic hydroxyl groups is 1. The molecule has 0 aliphatic carbocycles. The van der Waals surface area contributed by atoms with Gasteiger partial charge in [-0.15, -0.1) is 12.4 Å². The minimum atomic E-state index is -0.444. The number of nitrogens with one attached hydrogen (secondary N) is 1. The highest BCUT2D eigenvalue weighted by molar-refractivity contribution is 5.85. The number of aryl methyl sites for hydroxylation is 1. The summed E-state index contributed by atoms with van der Waals surface area (Å²) < 4.78 is 5.97. The monoisotopic (exact) mass is 305 g/mol. The van der Waals surface area contributed by atoms with Gasteiger partial charge < -0.3 is 15.2 Å². The van der Waals surface area contributed by atoms with Crippen LogP contribution in [0.4, 0.5) is 0 Å². The molecule has 2 aromatic rings. The van der Waals surface area contributed by atoms with Crippen molar-refractivity contribution < 1.29 is 9.84 Å². The summed E-state index contributed by atoms with van der Waals surface area (Å²) in [6.07, 6.45) is -0.444. The Balaban J connectivity index is 0.00000161. The van der Waals surface area contributed by atoms with Gasteiger partial charge in [-0.3, -0.25) is 0 Å². The molecule has 3 rings (SSSR count). The number of hydrogen-bond donors (Lipinski definition) is 2. The van der Waals surface area contributed by atoms with Gasteiger partial charge >= 0.3 is 0 Å². The molecule has 1 unspecified atom stereocenters. The standard InChI is InChI=1S/C17H19NO2.ClH/c1-12-5-2-3-6-13(12)11-20-17-8-4-7-14-15(17)9-18-10-16(14)19;/h2-8,16,18-19H,9-11H2,1H3;1H. The summed E-state index contributed by atoms with van der Waals surface area (Å²) in [5, 5.41) is 13.2. The van der Waals surface area contributed by atoms with Gasteiger partial charge in [0.2, 0.25) is 0 Å². The second-order valence-corrected chi connectivity index (χ2v) is 5.19. The summed E-state index contributed by atoms with van der Waals surface area (Å²) in [4.78, 5) is 0. The SMILES string of the molecule is Cc1ccccc1COc1cccc2c1CNCC2O.Cl. The Bertz CT molecular complexity index is 615. The third kappa shape index (κ3) is 3.38. The number of β-amino-alcohol motifs (C(OH)–C–C–N with tert-alkyl or cyclic N) is 1. The molecule has 0 bridgehead atoms. The highest BCUT2D eigenvalue weighted by atomic mass is 35.5. The van der Waals surface area contributed by atoms with Crippen molar-refractivity contribution in [2.75, 3.05) is 6.54 Å². The molecule has 1 aliphatic heterocycles. The Kier molecular flexibility index (Phi) is 5.23. The third-order valence-electron chi connectivity index (χ3n) is 3.81. The minimum Gasteiger partial charge on any atom is -0.489 e. The molecule has 4 heteroatoms. The van der Waals surface area contributed by atoms with Gasteiger partial charge in [-0.1, -0.05) is 36.4 Å². The van der Waals surface area contributed by atoms with Crippen molar-refractivity contribution in [3.63, 3.8) is 0 Å². The van der Waals surface area contributed by atoms with E-state index in [4.69, 9.17) is 4.74 Å². The Morgan fingerprint density at radius 1 is 1.19 bits per heavy atom. The van der Waals surface area contributed by atoms with Gasteiger partial charge in [-0.25, -0.2) is 0 Å². The fraction of sp³-hybridized carbons (Fsp3) is 0.294. The van der Waals surface area contributed by atoms with Crippen LogP contribution in [-0.2, 0) is 13.2 Å². The molecule has 0 spiro atoms. The Labute approximate surface area is 131 Å². The molecular formula is C17H20ClNO2. The summed E-state index contributed by atoms with van der Waals surface area (Å²) in [5.41, 5.74) is 4.47. The van der Waals surface area contributed by atoms with Crippen LogP contribution in [0.3, 0.4) is 0 Å². The summed E-state index contributed by atoms with van der Waals surface area (Å²) in [5.74, 6) is 0.858. The first-order valence-corrected chi connectivity index (χ1v) is 6.93. The fourth-order valence-electron chi connectivity index (χ4n) is 2.59. The van der Waals surface area contributed by atoms with Crippen LogP contribution in [0.5, 0.6) is 5.75 Å². The maximum Gasteiger partial charge on any atom is 0.124 e. The molecule has 1 heterocycles. The lowest BCUT2D eigenvalue weighted by Crippen LogP contribution is -2.28. The van der Waals surface area contributed by atoms with E-state index in [0.717, 1.165) is 23.4 Å². The van der Waals surface area contributed by atoms with Crippen LogP contribution in [0.1, 0.15) is 28.4 Å². The van der Waals surface area contributed by atoms with E-state index >= 15 is 0 Å². The quantitative estimate of drug-likeness (QED) is 0.915. The van der Waals surface area contributed by atoms with E-state index < -0.39 is 6.10 Å². The van der Waals surface area contributed by atoms with Crippen LogP contribution in [0.2, 0.25) is 0 Å². The second kappa shape index (κ2) is 6.94. The van der Waals surface area contributed by atoms with Crippen LogP contribution in [0, 0.1) is 6.92 Å². The van der Waals surface area contributed by atoms with Gasteiger partial charge in [0.15, 0.2) is 0 Å². The van der Waals surface area contributed by atoms with Crippen molar-refractivity contribution in [3.05, 3.63) is 64.7 Å². The number of rotatable bonds is 3. The summed E-state index contributed by atoms with van der Waals surface area (Å²) in [7, 11) is 0.